The van der Waals surface area contributed by atoms with Crippen molar-refractivity contribution in [2.45, 2.75) is 6.61 Å². The van der Waals surface area contributed by atoms with Gasteiger partial charge in [0.15, 0.2) is 12.5 Å². The van der Waals surface area contributed by atoms with Crippen LogP contribution in [-0.4, -0.2) is 11.8 Å². The lowest BCUT2D eigenvalue weighted by Crippen LogP contribution is -2.04. The molecular weight excluding hydrogens is 221 g/mol. The zero-order valence-corrected chi connectivity index (χ0v) is 9.17. The second-order valence-corrected chi connectivity index (χ2v) is 3.39. The molecule has 0 spiro atoms. The minimum Gasteiger partial charge on any atom is -0.463 e. The zero-order chi connectivity index (χ0) is 11.9. The van der Waals surface area contributed by atoms with Crippen molar-refractivity contribution in [3.05, 3.63) is 60.2 Å². The number of nitrogens with zero attached hydrogens (tertiary/aromatic N) is 1. The number of benzene rings is 1. The minimum absolute atomic E-state index is 0.00247. The maximum atomic E-state index is 13.0. The summed E-state index contributed by atoms with van der Waals surface area (Å²) in [7, 11) is 0. The van der Waals surface area contributed by atoms with E-state index < -0.39 is 5.95 Å². The lowest BCUT2D eigenvalue weighted by molar-refractivity contribution is 0.00259. The second kappa shape index (κ2) is 5.96. The van der Waals surface area contributed by atoms with Crippen LogP contribution in [0.1, 0.15) is 5.56 Å². The normalized spacial score (nSPS) is 10.2. The van der Waals surface area contributed by atoms with Crippen molar-refractivity contribution >= 4 is 0 Å². The number of ether oxygens (including phenoxy) is 2. The lowest BCUT2D eigenvalue weighted by atomic mass is 10.2. The molecule has 1 heterocycles. The fourth-order valence-corrected chi connectivity index (χ4v) is 1.32. The van der Waals surface area contributed by atoms with Crippen LogP contribution in [-0.2, 0) is 11.3 Å². The molecule has 0 aliphatic carbocycles. The van der Waals surface area contributed by atoms with Crippen molar-refractivity contribution in [3.8, 4) is 5.75 Å². The summed E-state index contributed by atoms with van der Waals surface area (Å²) >= 11 is 0. The summed E-state index contributed by atoms with van der Waals surface area (Å²) in [5.74, 6) is -0.531. The molecule has 4 heteroatoms. The standard InChI is InChI=1S/C13H12FNO2/c14-13-12(7-4-8-15-13)17-10-16-9-11-5-2-1-3-6-11/h1-8H,9-10H2. The molecular formula is C13H12FNO2. The van der Waals surface area contributed by atoms with Crippen molar-refractivity contribution in [3.63, 3.8) is 0 Å². The SMILES string of the molecule is Fc1ncccc1OCOCc1ccccc1. The summed E-state index contributed by atoms with van der Waals surface area (Å²) in [6, 6.07) is 12.8. The van der Waals surface area contributed by atoms with Crippen LogP contribution in [0.25, 0.3) is 0 Å². The monoisotopic (exact) mass is 233 g/mol. The van der Waals surface area contributed by atoms with Crippen molar-refractivity contribution < 1.29 is 13.9 Å². The molecule has 0 amide bonds. The highest BCUT2D eigenvalue weighted by atomic mass is 19.1. The van der Waals surface area contributed by atoms with Crippen LogP contribution >= 0.6 is 0 Å². The Hall–Kier alpha value is -1.94. The van der Waals surface area contributed by atoms with Crippen LogP contribution in [0.2, 0.25) is 0 Å². The topological polar surface area (TPSA) is 31.4 Å². The van der Waals surface area contributed by atoms with E-state index in [0.717, 1.165) is 5.56 Å². The average molecular weight is 233 g/mol. The van der Waals surface area contributed by atoms with Gasteiger partial charge >= 0.3 is 0 Å². The molecule has 0 bridgehead atoms. The molecule has 88 valence electrons. The molecule has 1 aromatic carbocycles. The quantitative estimate of drug-likeness (QED) is 0.452. The van der Waals surface area contributed by atoms with E-state index in [1.807, 2.05) is 30.3 Å². The van der Waals surface area contributed by atoms with Gasteiger partial charge in [-0.25, -0.2) is 4.98 Å². The third-order valence-corrected chi connectivity index (χ3v) is 2.13. The van der Waals surface area contributed by atoms with Gasteiger partial charge in [-0.15, -0.1) is 0 Å². The van der Waals surface area contributed by atoms with Crippen molar-refractivity contribution in [2.75, 3.05) is 6.79 Å². The van der Waals surface area contributed by atoms with Gasteiger partial charge in [0.25, 0.3) is 5.95 Å². The summed E-state index contributed by atoms with van der Waals surface area (Å²) in [4.78, 5) is 3.47. The Balaban J connectivity index is 1.76. The van der Waals surface area contributed by atoms with Gasteiger partial charge in [-0.2, -0.15) is 4.39 Å². The molecule has 0 aliphatic heterocycles. The predicted molar refractivity (Wildman–Crippen MR) is 60.9 cm³/mol. The lowest BCUT2D eigenvalue weighted by Gasteiger charge is -2.07. The van der Waals surface area contributed by atoms with Crippen LogP contribution in [0.4, 0.5) is 4.39 Å². The number of pyridine rings is 1. The Bertz CT molecular complexity index is 462. The number of aromatic nitrogens is 1. The molecule has 0 atom stereocenters. The van der Waals surface area contributed by atoms with E-state index in [1.54, 1.807) is 6.07 Å². The van der Waals surface area contributed by atoms with E-state index in [1.165, 1.54) is 12.3 Å². The molecule has 1 aromatic heterocycles. The fraction of sp³-hybridized carbons (Fsp3) is 0.154. The smallest absolute Gasteiger partial charge is 0.255 e. The number of rotatable bonds is 5. The zero-order valence-electron chi connectivity index (χ0n) is 9.17. The first-order chi connectivity index (χ1) is 8.36. The summed E-state index contributed by atoms with van der Waals surface area (Å²) in [6.45, 7) is 0.431. The molecule has 0 fully saturated rings. The second-order valence-electron chi connectivity index (χ2n) is 3.39. The molecule has 0 saturated heterocycles. The summed E-state index contributed by atoms with van der Waals surface area (Å²) < 4.78 is 23.4. The highest BCUT2D eigenvalue weighted by Crippen LogP contribution is 2.12. The first-order valence-electron chi connectivity index (χ1n) is 5.21. The van der Waals surface area contributed by atoms with Gasteiger partial charge in [-0.1, -0.05) is 30.3 Å². The molecule has 0 saturated carbocycles. The molecule has 0 aliphatic rings. The molecule has 2 rings (SSSR count). The van der Waals surface area contributed by atoms with Gasteiger partial charge in [0.1, 0.15) is 0 Å². The molecule has 0 radical (unpaired) electrons. The van der Waals surface area contributed by atoms with Crippen LogP contribution in [0.5, 0.6) is 5.75 Å². The predicted octanol–water partition coefficient (Wildman–Crippen LogP) is 2.77. The van der Waals surface area contributed by atoms with E-state index in [9.17, 15) is 4.39 Å². The molecule has 17 heavy (non-hydrogen) atoms. The fourth-order valence-electron chi connectivity index (χ4n) is 1.32. The van der Waals surface area contributed by atoms with Gasteiger partial charge in [0, 0.05) is 6.20 Å². The molecule has 0 N–H and O–H groups in total. The number of hydrogen-bond donors (Lipinski definition) is 0. The van der Waals surface area contributed by atoms with E-state index in [-0.39, 0.29) is 12.5 Å². The molecule has 0 unspecified atom stereocenters. The van der Waals surface area contributed by atoms with E-state index >= 15 is 0 Å². The maximum absolute atomic E-state index is 13.0. The molecule has 3 nitrogen and oxygen atoms in total. The molecule has 2 aromatic rings. The Morgan fingerprint density at radius 3 is 2.65 bits per heavy atom. The Morgan fingerprint density at radius 2 is 1.88 bits per heavy atom. The summed E-state index contributed by atoms with van der Waals surface area (Å²) in [5, 5.41) is 0. The van der Waals surface area contributed by atoms with Crippen LogP contribution in [0.15, 0.2) is 48.7 Å². The summed E-state index contributed by atoms with van der Waals surface area (Å²) in [5.41, 5.74) is 1.04. The minimum atomic E-state index is -0.629. The van der Waals surface area contributed by atoms with E-state index in [2.05, 4.69) is 4.98 Å². The summed E-state index contributed by atoms with van der Waals surface area (Å²) in [6.07, 6.45) is 1.37. The van der Waals surface area contributed by atoms with Gasteiger partial charge < -0.3 is 9.47 Å². The van der Waals surface area contributed by atoms with Crippen molar-refractivity contribution in [1.82, 2.24) is 4.98 Å². The van der Waals surface area contributed by atoms with Gasteiger partial charge in [-0.05, 0) is 17.7 Å². The number of hydrogen-bond acceptors (Lipinski definition) is 3. The first-order valence-corrected chi connectivity index (χ1v) is 5.21. The van der Waals surface area contributed by atoms with E-state index in [0.29, 0.717) is 6.61 Å². The highest BCUT2D eigenvalue weighted by molar-refractivity contribution is 5.17. The van der Waals surface area contributed by atoms with Crippen molar-refractivity contribution in [2.24, 2.45) is 0 Å². The average Bonchev–Trinajstić information content (AvgIpc) is 2.38. The van der Waals surface area contributed by atoms with Gasteiger partial charge in [-0.3, -0.25) is 0 Å². The first kappa shape index (κ1) is 11.5. The maximum Gasteiger partial charge on any atom is 0.255 e. The third kappa shape index (κ3) is 3.53. The van der Waals surface area contributed by atoms with Crippen molar-refractivity contribution in [1.29, 1.82) is 0 Å². The van der Waals surface area contributed by atoms with Gasteiger partial charge in [0.05, 0.1) is 6.61 Å². The van der Waals surface area contributed by atoms with E-state index in [4.69, 9.17) is 9.47 Å². The van der Waals surface area contributed by atoms with Crippen LogP contribution < -0.4 is 4.74 Å². The van der Waals surface area contributed by atoms with Gasteiger partial charge in [0.2, 0.25) is 0 Å². The Morgan fingerprint density at radius 1 is 1.06 bits per heavy atom. The largest absolute Gasteiger partial charge is 0.463 e. The van der Waals surface area contributed by atoms with Crippen LogP contribution in [0.3, 0.4) is 0 Å². The Kier molecular flexibility index (Phi) is 4.05. The highest BCUT2D eigenvalue weighted by Gasteiger charge is 2.02. The Labute approximate surface area is 98.8 Å². The van der Waals surface area contributed by atoms with Crippen LogP contribution in [0, 0.1) is 5.95 Å². The third-order valence-electron chi connectivity index (χ3n) is 2.13. The number of halogens is 1.